The fraction of sp³-hybridized carbons (Fsp3) is 0.714. The third-order valence-corrected chi connectivity index (χ3v) is 1.33. The van der Waals surface area contributed by atoms with Crippen molar-refractivity contribution in [1.29, 1.82) is 0 Å². The summed E-state index contributed by atoms with van der Waals surface area (Å²) in [5.74, 6) is -1.32. The Labute approximate surface area is 70.9 Å². The zero-order valence-corrected chi connectivity index (χ0v) is 7.24. The van der Waals surface area contributed by atoms with Gasteiger partial charge in [-0.3, -0.25) is 9.59 Å². The highest BCUT2D eigenvalue weighted by atomic mass is 16.5. The number of likely N-dealkylation sites (N-methyl/N-ethyl adjacent to an activating group) is 1. The van der Waals surface area contributed by atoms with E-state index in [1.807, 2.05) is 0 Å². The van der Waals surface area contributed by atoms with E-state index in [9.17, 15) is 9.59 Å². The number of carboxylic acids is 1. The number of carboxylic acid groups (broad SMARTS) is 1. The molecule has 5 heteroatoms. The van der Waals surface area contributed by atoms with Crippen LogP contribution >= 0.6 is 0 Å². The second-order valence-corrected chi connectivity index (χ2v) is 2.23. The number of amides is 1. The fourth-order valence-corrected chi connectivity index (χ4v) is 0.754. The Balaban J connectivity index is 3.96. The average molecular weight is 175 g/mol. The Morgan fingerprint density at radius 1 is 1.50 bits per heavy atom. The smallest absolute Gasteiger partial charge is 0.323 e. The Morgan fingerprint density at radius 3 is 2.42 bits per heavy atom. The topological polar surface area (TPSA) is 66.8 Å². The van der Waals surface area contributed by atoms with E-state index < -0.39 is 5.97 Å². The van der Waals surface area contributed by atoms with Gasteiger partial charge in [0.05, 0.1) is 0 Å². The summed E-state index contributed by atoms with van der Waals surface area (Å²) in [5.41, 5.74) is 0. The monoisotopic (exact) mass is 175 g/mol. The average Bonchev–Trinajstić information content (AvgIpc) is 2.00. The molecule has 0 fully saturated rings. The lowest BCUT2D eigenvalue weighted by atomic mass is 10.4. The van der Waals surface area contributed by atoms with Crippen molar-refractivity contribution in [3.05, 3.63) is 0 Å². The largest absolute Gasteiger partial charge is 0.480 e. The van der Waals surface area contributed by atoms with Gasteiger partial charge in [0.1, 0.15) is 13.2 Å². The van der Waals surface area contributed by atoms with Crippen LogP contribution in [-0.4, -0.2) is 48.7 Å². The van der Waals surface area contributed by atoms with Crippen molar-refractivity contribution in [2.24, 2.45) is 0 Å². The minimum Gasteiger partial charge on any atom is -0.480 e. The molecule has 1 amide bonds. The van der Waals surface area contributed by atoms with E-state index in [0.717, 1.165) is 0 Å². The molecule has 70 valence electrons. The molecule has 0 bridgehead atoms. The lowest BCUT2D eigenvalue weighted by Gasteiger charge is -2.17. The second kappa shape index (κ2) is 5.54. The van der Waals surface area contributed by atoms with Gasteiger partial charge in [0.2, 0.25) is 5.91 Å². The van der Waals surface area contributed by atoms with E-state index in [2.05, 4.69) is 4.74 Å². The number of methoxy groups -OCH3 is 1. The van der Waals surface area contributed by atoms with Gasteiger partial charge in [-0.25, -0.2) is 0 Å². The molecule has 5 nitrogen and oxygen atoms in total. The van der Waals surface area contributed by atoms with Crippen LogP contribution in [0.1, 0.15) is 6.92 Å². The van der Waals surface area contributed by atoms with Gasteiger partial charge < -0.3 is 14.7 Å². The number of carbonyl (C=O) groups excluding carboxylic acids is 1. The molecular weight excluding hydrogens is 162 g/mol. The summed E-state index contributed by atoms with van der Waals surface area (Å²) < 4.78 is 4.58. The number of carbonyl (C=O) groups is 2. The summed E-state index contributed by atoms with van der Waals surface area (Å²) in [5, 5.41) is 8.40. The minimum absolute atomic E-state index is 0.0683. The standard InChI is InChI=1S/C7H13NO4/c1-3-8(4-7(10)11)6(9)5-12-2/h3-5H2,1-2H3,(H,10,11). The van der Waals surface area contributed by atoms with Crippen LogP contribution in [-0.2, 0) is 14.3 Å². The molecular formula is C7H13NO4. The Hall–Kier alpha value is -1.10. The van der Waals surface area contributed by atoms with Crippen molar-refractivity contribution >= 4 is 11.9 Å². The second-order valence-electron chi connectivity index (χ2n) is 2.23. The number of hydrogen-bond acceptors (Lipinski definition) is 3. The third-order valence-electron chi connectivity index (χ3n) is 1.33. The molecule has 0 aromatic heterocycles. The summed E-state index contributed by atoms with van der Waals surface area (Å²) in [4.78, 5) is 22.5. The van der Waals surface area contributed by atoms with Gasteiger partial charge in [-0.05, 0) is 6.92 Å². The maximum atomic E-state index is 11.0. The van der Waals surface area contributed by atoms with E-state index in [1.165, 1.54) is 12.0 Å². The first-order chi connectivity index (χ1) is 5.61. The zero-order valence-electron chi connectivity index (χ0n) is 7.24. The van der Waals surface area contributed by atoms with Crippen LogP contribution in [0.2, 0.25) is 0 Å². The summed E-state index contributed by atoms with van der Waals surface area (Å²) in [6.45, 7) is 1.77. The molecule has 0 aliphatic heterocycles. The van der Waals surface area contributed by atoms with Gasteiger partial charge in [-0.2, -0.15) is 0 Å². The van der Waals surface area contributed by atoms with Crippen molar-refractivity contribution in [3.63, 3.8) is 0 Å². The molecule has 0 aromatic rings. The quantitative estimate of drug-likeness (QED) is 0.615. The molecule has 0 saturated heterocycles. The zero-order chi connectivity index (χ0) is 9.56. The molecule has 0 saturated carbocycles. The molecule has 0 unspecified atom stereocenters. The maximum Gasteiger partial charge on any atom is 0.323 e. The molecule has 12 heavy (non-hydrogen) atoms. The summed E-state index contributed by atoms with van der Waals surface area (Å²) in [7, 11) is 1.40. The highest BCUT2D eigenvalue weighted by molar-refractivity contribution is 5.82. The van der Waals surface area contributed by atoms with Gasteiger partial charge >= 0.3 is 5.97 Å². The predicted molar refractivity (Wildman–Crippen MR) is 41.8 cm³/mol. The Bertz CT molecular complexity index is 169. The molecule has 0 rings (SSSR count). The van der Waals surface area contributed by atoms with Crippen molar-refractivity contribution in [2.45, 2.75) is 6.92 Å². The Kier molecular flexibility index (Phi) is 5.03. The number of aliphatic carboxylic acids is 1. The highest BCUT2D eigenvalue weighted by Gasteiger charge is 2.13. The molecule has 0 spiro atoms. The number of nitrogens with zero attached hydrogens (tertiary/aromatic N) is 1. The van der Waals surface area contributed by atoms with Gasteiger partial charge in [0.25, 0.3) is 0 Å². The first-order valence-electron chi connectivity index (χ1n) is 3.60. The number of ether oxygens (including phenoxy) is 1. The summed E-state index contributed by atoms with van der Waals surface area (Å²) >= 11 is 0. The van der Waals surface area contributed by atoms with Gasteiger partial charge in [0, 0.05) is 13.7 Å². The van der Waals surface area contributed by atoms with Gasteiger partial charge in [-0.15, -0.1) is 0 Å². The lowest BCUT2D eigenvalue weighted by Crippen LogP contribution is -2.37. The van der Waals surface area contributed by atoms with Crippen LogP contribution in [0.4, 0.5) is 0 Å². The number of rotatable bonds is 5. The lowest BCUT2D eigenvalue weighted by molar-refractivity contribution is -0.145. The van der Waals surface area contributed by atoms with Crippen LogP contribution in [0.3, 0.4) is 0 Å². The molecule has 0 atom stereocenters. The van der Waals surface area contributed by atoms with Crippen molar-refractivity contribution in [3.8, 4) is 0 Å². The molecule has 0 radical (unpaired) electrons. The molecule has 0 heterocycles. The van der Waals surface area contributed by atoms with Crippen LogP contribution < -0.4 is 0 Å². The summed E-state index contributed by atoms with van der Waals surface area (Å²) in [6, 6.07) is 0. The van der Waals surface area contributed by atoms with E-state index in [0.29, 0.717) is 6.54 Å². The maximum absolute atomic E-state index is 11.0. The van der Waals surface area contributed by atoms with Crippen LogP contribution in [0.25, 0.3) is 0 Å². The minimum atomic E-state index is -1.01. The molecule has 1 N–H and O–H groups in total. The fourth-order valence-electron chi connectivity index (χ4n) is 0.754. The van der Waals surface area contributed by atoms with Crippen LogP contribution in [0.15, 0.2) is 0 Å². The van der Waals surface area contributed by atoms with E-state index in [-0.39, 0.29) is 19.1 Å². The van der Waals surface area contributed by atoms with E-state index in [4.69, 9.17) is 5.11 Å². The van der Waals surface area contributed by atoms with E-state index in [1.54, 1.807) is 6.92 Å². The van der Waals surface area contributed by atoms with Gasteiger partial charge in [0.15, 0.2) is 0 Å². The van der Waals surface area contributed by atoms with Crippen molar-refractivity contribution in [1.82, 2.24) is 4.90 Å². The highest BCUT2D eigenvalue weighted by Crippen LogP contribution is 1.89. The summed E-state index contributed by atoms with van der Waals surface area (Å²) in [6.07, 6.45) is 0. The third kappa shape index (κ3) is 3.92. The van der Waals surface area contributed by atoms with Crippen LogP contribution in [0, 0.1) is 0 Å². The Morgan fingerprint density at radius 2 is 2.08 bits per heavy atom. The van der Waals surface area contributed by atoms with Crippen LogP contribution in [0.5, 0.6) is 0 Å². The van der Waals surface area contributed by atoms with E-state index >= 15 is 0 Å². The first-order valence-corrected chi connectivity index (χ1v) is 3.60. The van der Waals surface area contributed by atoms with Crippen molar-refractivity contribution in [2.75, 3.05) is 26.8 Å². The molecule has 0 aliphatic rings. The SMILES string of the molecule is CCN(CC(=O)O)C(=O)COC. The predicted octanol–water partition coefficient (Wildman–Crippen LogP) is -0.434. The first kappa shape index (κ1) is 10.9. The van der Waals surface area contributed by atoms with Gasteiger partial charge in [-0.1, -0.05) is 0 Å². The molecule has 0 aliphatic carbocycles. The number of hydrogen-bond donors (Lipinski definition) is 1. The van der Waals surface area contributed by atoms with Crippen molar-refractivity contribution < 1.29 is 19.4 Å². The molecule has 0 aromatic carbocycles. The normalized spacial score (nSPS) is 9.50.